The Morgan fingerprint density at radius 3 is 1.83 bits per heavy atom. The van der Waals surface area contributed by atoms with E-state index in [0.29, 0.717) is 13.1 Å². The number of benzene rings is 4. The maximum Gasteiger partial charge on any atom is 0.407 e. The van der Waals surface area contributed by atoms with E-state index >= 15 is 0 Å². The number of carbonyl (C=O) groups is 3. The van der Waals surface area contributed by atoms with E-state index in [1.807, 2.05) is 98.8 Å². The van der Waals surface area contributed by atoms with Gasteiger partial charge in [-0.05, 0) is 59.6 Å². The normalized spacial score (nSPS) is 13.5. The molecule has 0 fully saturated rings. The van der Waals surface area contributed by atoms with Crippen LogP contribution in [0.3, 0.4) is 0 Å². The van der Waals surface area contributed by atoms with Crippen LogP contribution < -0.4 is 5.32 Å². The molecule has 4 aromatic rings. The number of rotatable bonds is 13. The number of alkyl carbamates (subject to hydrolysis) is 1. The first-order valence-corrected chi connectivity index (χ1v) is 16.4. The summed E-state index contributed by atoms with van der Waals surface area (Å²) in [5.41, 5.74) is 6.85. The van der Waals surface area contributed by atoms with Crippen molar-refractivity contribution in [3.63, 3.8) is 0 Å². The Morgan fingerprint density at radius 1 is 0.771 bits per heavy atom. The maximum atomic E-state index is 13.2. The van der Waals surface area contributed by atoms with Gasteiger partial charge in [0.1, 0.15) is 12.6 Å². The fourth-order valence-corrected chi connectivity index (χ4v) is 5.96. The average Bonchev–Trinajstić information content (AvgIpc) is 3.41. The van der Waals surface area contributed by atoms with Crippen molar-refractivity contribution in [1.82, 2.24) is 10.2 Å². The van der Waals surface area contributed by atoms with Gasteiger partial charge < -0.3 is 24.8 Å². The van der Waals surface area contributed by atoms with Crippen LogP contribution in [-0.2, 0) is 32.0 Å². The van der Waals surface area contributed by atoms with Gasteiger partial charge in [0, 0.05) is 32.5 Å². The van der Waals surface area contributed by atoms with Crippen LogP contribution >= 0.6 is 0 Å². The summed E-state index contributed by atoms with van der Waals surface area (Å²) in [7, 11) is 1.62. The lowest BCUT2D eigenvalue weighted by Gasteiger charge is -2.28. The number of fused-ring (bicyclic) bond motifs is 3. The van der Waals surface area contributed by atoms with Crippen molar-refractivity contribution in [1.29, 1.82) is 0 Å². The molecular weight excluding hydrogens is 604 g/mol. The van der Waals surface area contributed by atoms with Gasteiger partial charge >= 0.3 is 12.1 Å². The van der Waals surface area contributed by atoms with Crippen molar-refractivity contribution in [2.45, 2.75) is 58.2 Å². The monoisotopic (exact) mass is 650 g/mol. The molecule has 0 bridgehead atoms. The Bertz CT molecular complexity index is 1580. The van der Waals surface area contributed by atoms with Gasteiger partial charge in [-0.25, -0.2) is 4.79 Å². The number of carbonyl (C=O) groups excluding carboxylic acids is 2. The van der Waals surface area contributed by atoms with Crippen LogP contribution in [0.1, 0.15) is 55.4 Å². The number of nitrogens with zero attached hydrogens (tertiary/aromatic N) is 1. The van der Waals surface area contributed by atoms with Crippen molar-refractivity contribution < 1.29 is 29.0 Å². The zero-order valence-corrected chi connectivity index (χ0v) is 28.2. The first-order chi connectivity index (χ1) is 23.2. The van der Waals surface area contributed by atoms with E-state index in [4.69, 9.17) is 14.6 Å². The fourth-order valence-electron chi connectivity index (χ4n) is 5.96. The third-order valence-electron chi connectivity index (χ3n) is 8.41. The molecule has 5 rings (SSSR count). The van der Waals surface area contributed by atoms with E-state index in [1.165, 1.54) is 16.7 Å². The van der Waals surface area contributed by atoms with E-state index in [0.717, 1.165) is 23.1 Å². The number of methoxy groups -OCH3 is 1. The standard InChI is InChI=1S/C29H32N2O4.C11H14O2/c1-20(34-3)17-31(18-22-11-5-4-6-12-22)28(32)21(2)30-29(33)35-19-27-25-15-9-7-13-23(25)24-14-8-10-16-26(24)27;1-9(8-11(12)13)7-10-5-3-2-4-6-10/h4-16,20-21,27H,17-19H2,1-3H3,(H,30,33);2-6,9H,7-8H2,1H3,(H,12,13). The van der Waals surface area contributed by atoms with Crippen LogP contribution in [0.15, 0.2) is 109 Å². The number of carboxylic acid groups (broad SMARTS) is 1. The first kappa shape index (κ1) is 35.9. The average molecular weight is 651 g/mol. The molecule has 1 aliphatic carbocycles. The van der Waals surface area contributed by atoms with Crippen LogP contribution in [-0.4, -0.2) is 60.4 Å². The number of ether oxygens (including phenoxy) is 2. The summed E-state index contributed by atoms with van der Waals surface area (Å²) in [6.07, 6.45) is 0.346. The van der Waals surface area contributed by atoms with Gasteiger partial charge in [0.15, 0.2) is 0 Å². The van der Waals surface area contributed by atoms with Crippen LogP contribution in [0.2, 0.25) is 0 Å². The van der Waals surface area contributed by atoms with Crippen LogP contribution in [0, 0.1) is 5.92 Å². The molecule has 0 spiro atoms. The number of hydrogen-bond donors (Lipinski definition) is 2. The minimum atomic E-state index is -0.738. The topological polar surface area (TPSA) is 105 Å². The molecule has 252 valence electrons. The van der Waals surface area contributed by atoms with Crippen molar-refractivity contribution in [3.8, 4) is 11.1 Å². The zero-order chi connectivity index (χ0) is 34.5. The smallest absolute Gasteiger partial charge is 0.407 e. The molecule has 1 aliphatic rings. The molecule has 8 nitrogen and oxygen atoms in total. The third-order valence-corrected chi connectivity index (χ3v) is 8.41. The van der Waals surface area contributed by atoms with E-state index < -0.39 is 18.1 Å². The predicted molar refractivity (Wildman–Crippen MR) is 188 cm³/mol. The Labute approximate surface area is 283 Å². The molecule has 0 saturated heterocycles. The highest BCUT2D eigenvalue weighted by Gasteiger charge is 2.30. The predicted octanol–water partition coefficient (Wildman–Crippen LogP) is 7.32. The summed E-state index contributed by atoms with van der Waals surface area (Å²) in [5.74, 6) is -0.731. The van der Waals surface area contributed by atoms with Crippen molar-refractivity contribution >= 4 is 18.0 Å². The van der Waals surface area contributed by atoms with Gasteiger partial charge in [0.2, 0.25) is 5.91 Å². The highest BCUT2D eigenvalue weighted by atomic mass is 16.5. The molecule has 4 aromatic carbocycles. The summed E-state index contributed by atoms with van der Waals surface area (Å²) in [4.78, 5) is 38.0. The molecule has 0 heterocycles. The maximum absolute atomic E-state index is 13.2. The van der Waals surface area contributed by atoms with Gasteiger partial charge in [-0.15, -0.1) is 0 Å². The largest absolute Gasteiger partial charge is 0.481 e. The summed E-state index contributed by atoms with van der Waals surface area (Å²) >= 11 is 0. The molecular formula is C40H46N2O6. The molecule has 0 aromatic heterocycles. The van der Waals surface area contributed by atoms with Crippen LogP contribution in [0.5, 0.6) is 0 Å². The highest BCUT2D eigenvalue weighted by Crippen LogP contribution is 2.44. The summed E-state index contributed by atoms with van der Waals surface area (Å²) in [5, 5.41) is 11.3. The molecule has 3 unspecified atom stereocenters. The minimum Gasteiger partial charge on any atom is -0.481 e. The first-order valence-electron chi connectivity index (χ1n) is 16.4. The Morgan fingerprint density at radius 2 is 1.29 bits per heavy atom. The minimum absolute atomic E-state index is 0.0312. The molecule has 2 N–H and O–H groups in total. The van der Waals surface area contributed by atoms with Gasteiger partial charge in [-0.1, -0.05) is 116 Å². The molecule has 3 atom stereocenters. The Hall–Kier alpha value is -4.95. The molecule has 0 saturated carbocycles. The van der Waals surface area contributed by atoms with Crippen molar-refractivity contribution in [3.05, 3.63) is 131 Å². The molecule has 48 heavy (non-hydrogen) atoms. The number of aliphatic carboxylic acids is 1. The Kier molecular flexibility index (Phi) is 13.3. The number of amides is 2. The summed E-state index contributed by atoms with van der Waals surface area (Å²) in [6, 6.07) is 35.4. The second-order valence-corrected chi connectivity index (χ2v) is 12.3. The Balaban J connectivity index is 0.000000336. The van der Waals surface area contributed by atoms with Gasteiger partial charge in [-0.2, -0.15) is 0 Å². The van der Waals surface area contributed by atoms with Gasteiger partial charge in [-0.3, -0.25) is 9.59 Å². The third kappa shape index (κ3) is 10.3. The molecule has 8 heteroatoms. The lowest BCUT2D eigenvalue weighted by Crippen LogP contribution is -2.48. The van der Waals surface area contributed by atoms with Gasteiger partial charge in [0.25, 0.3) is 0 Å². The van der Waals surface area contributed by atoms with Crippen LogP contribution in [0.25, 0.3) is 11.1 Å². The molecule has 0 radical (unpaired) electrons. The summed E-state index contributed by atoms with van der Waals surface area (Å²) < 4.78 is 11.0. The van der Waals surface area contributed by atoms with E-state index in [1.54, 1.807) is 18.9 Å². The molecule has 0 aliphatic heterocycles. The number of carboxylic acids is 1. The van der Waals surface area contributed by atoms with Crippen LogP contribution in [0.4, 0.5) is 4.79 Å². The van der Waals surface area contributed by atoms with Gasteiger partial charge in [0.05, 0.1) is 6.10 Å². The lowest BCUT2D eigenvalue weighted by molar-refractivity contribution is -0.138. The van der Waals surface area contributed by atoms with Crippen molar-refractivity contribution in [2.24, 2.45) is 5.92 Å². The molecule has 2 amide bonds. The fraction of sp³-hybridized carbons (Fsp3) is 0.325. The van der Waals surface area contributed by atoms with E-state index in [2.05, 4.69) is 29.6 Å². The second kappa shape index (κ2) is 17.8. The second-order valence-electron chi connectivity index (χ2n) is 12.3. The quantitative estimate of drug-likeness (QED) is 0.157. The SMILES string of the molecule is CC(CC(=O)O)Cc1ccccc1.COC(C)CN(Cc1ccccc1)C(=O)C(C)NC(=O)OCC1c2ccccc2-c2ccccc21. The number of nitrogens with one attached hydrogen (secondary N) is 1. The van der Waals surface area contributed by atoms with E-state index in [9.17, 15) is 14.4 Å². The summed E-state index contributed by atoms with van der Waals surface area (Å²) in [6.45, 7) is 6.61. The van der Waals surface area contributed by atoms with Crippen molar-refractivity contribution in [2.75, 3.05) is 20.3 Å². The zero-order valence-electron chi connectivity index (χ0n) is 28.2. The number of hydrogen-bond acceptors (Lipinski definition) is 5. The van der Waals surface area contributed by atoms with E-state index in [-0.39, 0.29) is 36.9 Å². The lowest BCUT2D eigenvalue weighted by atomic mass is 9.98. The highest BCUT2D eigenvalue weighted by molar-refractivity contribution is 5.85.